The summed E-state index contributed by atoms with van der Waals surface area (Å²) in [5, 5.41) is 9.59. The summed E-state index contributed by atoms with van der Waals surface area (Å²) >= 11 is 4.79. The fourth-order valence-electron chi connectivity index (χ4n) is 2.25. The third-order valence-corrected chi connectivity index (χ3v) is 4.98. The van der Waals surface area contributed by atoms with E-state index < -0.39 is 11.7 Å². The SMILES string of the molecule is Cc1ncc(NC(=O)OC(C)(C)C)cc1NC(=O)c1cnn2cc(Br)sc12. The molecule has 3 aromatic heterocycles. The highest BCUT2D eigenvalue weighted by Crippen LogP contribution is 2.27. The molecular formula is C17H18BrN5O3S. The molecule has 0 aromatic carbocycles. The van der Waals surface area contributed by atoms with E-state index in [4.69, 9.17) is 4.74 Å². The highest BCUT2D eigenvalue weighted by molar-refractivity contribution is 9.11. The molecule has 142 valence electrons. The van der Waals surface area contributed by atoms with Gasteiger partial charge in [0.05, 0.1) is 45.0 Å². The summed E-state index contributed by atoms with van der Waals surface area (Å²) in [6.07, 6.45) is 4.21. The zero-order chi connectivity index (χ0) is 19.8. The van der Waals surface area contributed by atoms with Crippen LogP contribution in [-0.4, -0.2) is 32.2 Å². The summed E-state index contributed by atoms with van der Waals surface area (Å²) in [4.78, 5) is 29.5. The molecule has 27 heavy (non-hydrogen) atoms. The Morgan fingerprint density at radius 1 is 1.26 bits per heavy atom. The number of ether oxygens (including phenoxy) is 1. The van der Waals surface area contributed by atoms with Gasteiger partial charge < -0.3 is 10.1 Å². The molecule has 2 N–H and O–H groups in total. The second-order valence-corrected chi connectivity index (χ2v) is 9.19. The van der Waals surface area contributed by atoms with Crippen molar-refractivity contribution in [3.8, 4) is 0 Å². The number of pyridine rings is 1. The van der Waals surface area contributed by atoms with Gasteiger partial charge in [0, 0.05) is 0 Å². The van der Waals surface area contributed by atoms with Crippen molar-refractivity contribution in [1.29, 1.82) is 0 Å². The Morgan fingerprint density at radius 2 is 2.00 bits per heavy atom. The highest BCUT2D eigenvalue weighted by atomic mass is 79.9. The van der Waals surface area contributed by atoms with Gasteiger partial charge in [0.25, 0.3) is 5.91 Å². The van der Waals surface area contributed by atoms with E-state index in [9.17, 15) is 9.59 Å². The predicted octanol–water partition coefficient (Wildman–Crippen LogP) is 4.46. The van der Waals surface area contributed by atoms with Crippen LogP contribution in [0.15, 0.2) is 28.4 Å². The Balaban J connectivity index is 1.78. The largest absolute Gasteiger partial charge is 0.444 e. The fourth-order valence-corrected chi connectivity index (χ4v) is 3.69. The maximum absolute atomic E-state index is 12.7. The Bertz CT molecular complexity index is 1020. The summed E-state index contributed by atoms with van der Waals surface area (Å²) in [6, 6.07) is 1.63. The van der Waals surface area contributed by atoms with Crippen molar-refractivity contribution in [1.82, 2.24) is 14.6 Å². The number of thiazole rings is 1. The number of anilines is 2. The Morgan fingerprint density at radius 3 is 2.70 bits per heavy atom. The summed E-state index contributed by atoms with van der Waals surface area (Å²) in [7, 11) is 0. The number of carbonyl (C=O) groups excluding carboxylic acids is 2. The first-order valence-electron chi connectivity index (χ1n) is 8.03. The van der Waals surface area contributed by atoms with Gasteiger partial charge in [-0.3, -0.25) is 15.1 Å². The van der Waals surface area contributed by atoms with Crippen molar-refractivity contribution < 1.29 is 14.3 Å². The molecule has 8 nitrogen and oxygen atoms in total. The van der Waals surface area contributed by atoms with E-state index in [1.165, 1.54) is 23.7 Å². The lowest BCUT2D eigenvalue weighted by atomic mass is 10.2. The molecule has 0 aliphatic carbocycles. The van der Waals surface area contributed by atoms with Gasteiger partial charge in [0.15, 0.2) is 0 Å². The van der Waals surface area contributed by atoms with Crippen LogP contribution in [0, 0.1) is 6.92 Å². The first-order valence-corrected chi connectivity index (χ1v) is 9.64. The number of nitrogens with zero attached hydrogens (tertiary/aromatic N) is 3. The van der Waals surface area contributed by atoms with Crippen LogP contribution in [0.3, 0.4) is 0 Å². The number of aryl methyl sites for hydroxylation is 1. The minimum atomic E-state index is -0.609. The van der Waals surface area contributed by atoms with Crippen molar-refractivity contribution in [2.24, 2.45) is 0 Å². The van der Waals surface area contributed by atoms with Crippen LogP contribution in [0.5, 0.6) is 0 Å². The quantitative estimate of drug-likeness (QED) is 0.612. The first-order chi connectivity index (χ1) is 12.6. The van der Waals surface area contributed by atoms with Crippen LogP contribution in [0.4, 0.5) is 16.2 Å². The summed E-state index contributed by atoms with van der Waals surface area (Å²) in [5.41, 5.74) is 1.37. The summed E-state index contributed by atoms with van der Waals surface area (Å²) < 4.78 is 7.73. The van der Waals surface area contributed by atoms with Crippen molar-refractivity contribution in [2.75, 3.05) is 10.6 Å². The lowest BCUT2D eigenvalue weighted by Crippen LogP contribution is -2.27. The van der Waals surface area contributed by atoms with Gasteiger partial charge >= 0.3 is 6.09 Å². The molecule has 0 fully saturated rings. The lowest BCUT2D eigenvalue weighted by molar-refractivity contribution is 0.0635. The zero-order valence-electron chi connectivity index (χ0n) is 15.2. The maximum atomic E-state index is 12.7. The van der Waals surface area contributed by atoms with Crippen LogP contribution >= 0.6 is 27.3 Å². The number of carbonyl (C=O) groups is 2. The Kier molecular flexibility index (Phi) is 5.20. The molecule has 0 unspecified atom stereocenters. The number of hydrogen-bond donors (Lipinski definition) is 2. The third kappa shape index (κ3) is 4.64. The molecule has 0 saturated carbocycles. The molecule has 0 spiro atoms. The van der Waals surface area contributed by atoms with Crippen LogP contribution in [-0.2, 0) is 4.74 Å². The number of amides is 2. The van der Waals surface area contributed by atoms with E-state index in [-0.39, 0.29) is 5.91 Å². The van der Waals surface area contributed by atoms with Gasteiger partial charge in [0.2, 0.25) is 0 Å². The van der Waals surface area contributed by atoms with E-state index in [2.05, 4.69) is 36.6 Å². The molecule has 0 aliphatic rings. The molecule has 0 atom stereocenters. The van der Waals surface area contributed by atoms with Crippen molar-refractivity contribution in [3.63, 3.8) is 0 Å². The first kappa shape index (κ1) is 19.3. The predicted molar refractivity (Wildman–Crippen MR) is 108 cm³/mol. The standard InChI is InChI=1S/C17H18BrN5O3S/c1-9-12(5-10(6-19-9)21-16(25)26-17(2,3)4)22-14(24)11-7-20-23-8-13(18)27-15(11)23/h5-8H,1-4H3,(H,21,25)(H,22,24). The van der Waals surface area contributed by atoms with Gasteiger partial charge in [-0.25, -0.2) is 9.31 Å². The molecule has 3 heterocycles. The molecule has 10 heteroatoms. The molecular weight excluding hydrogens is 434 g/mol. The Hall–Kier alpha value is -2.46. The van der Waals surface area contributed by atoms with Gasteiger partial charge in [0.1, 0.15) is 10.4 Å². The van der Waals surface area contributed by atoms with E-state index in [1.54, 1.807) is 44.5 Å². The average molecular weight is 452 g/mol. The summed E-state index contributed by atoms with van der Waals surface area (Å²) in [5.74, 6) is -0.307. The van der Waals surface area contributed by atoms with Gasteiger partial charge in [-0.2, -0.15) is 5.10 Å². The van der Waals surface area contributed by atoms with Crippen LogP contribution < -0.4 is 10.6 Å². The van der Waals surface area contributed by atoms with E-state index in [0.717, 1.165) is 8.62 Å². The Labute approximate surface area is 168 Å². The maximum Gasteiger partial charge on any atom is 0.412 e. The molecule has 2 amide bonds. The van der Waals surface area contributed by atoms with Crippen LogP contribution in [0.2, 0.25) is 0 Å². The van der Waals surface area contributed by atoms with E-state index in [0.29, 0.717) is 22.6 Å². The molecule has 0 aliphatic heterocycles. The van der Waals surface area contributed by atoms with E-state index >= 15 is 0 Å². The lowest BCUT2D eigenvalue weighted by Gasteiger charge is -2.19. The smallest absolute Gasteiger partial charge is 0.412 e. The van der Waals surface area contributed by atoms with Crippen LogP contribution in [0.1, 0.15) is 36.8 Å². The number of rotatable bonds is 3. The van der Waals surface area contributed by atoms with Crippen molar-refractivity contribution >= 4 is 55.5 Å². The van der Waals surface area contributed by atoms with Gasteiger partial charge in [-0.05, 0) is 49.7 Å². The molecule has 0 bridgehead atoms. The number of aromatic nitrogens is 3. The highest BCUT2D eigenvalue weighted by Gasteiger charge is 2.18. The number of nitrogens with one attached hydrogen (secondary N) is 2. The van der Waals surface area contributed by atoms with Gasteiger partial charge in [-0.1, -0.05) is 0 Å². The second kappa shape index (κ2) is 7.28. The van der Waals surface area contributed by atoms with E-state index in [1.807, 2.05) is 0 Å². The van der Waals surface area contributed by atoms with Crippen molar-refractivity contribution in [3.05, 3.63) is 39.7 Å². The molecule has 0 radical (unpaired) electrons. The van der Waals surface area contributed by atoms with Crippen LogP contribution in [0.25, 0.3) is 4.83 Å². The number of hydrogen-bond acceptors (Lipinski definition) is 6. The van der Waals surface area contributed by atoms with Gasteiger partial charge in [-0.15, -0.1) is 11.3 Å². The molecule has 0 saturated heterocycles. The minimum Gasteiger partial charge on any atom is -0.444 e. The zero-order valence-corrected chi connectivity index (χ0v) is 17.6. The average Bonchev–Trinajstić information content (AvgIpc) is 3.07. The second-order valence-electron chi connectivity index (χ2n) is 6.78. The monoisotopic (exact) mass is 451 g/mol. The summed E-state index contributed by atoms with van der Waals surface area (Å²) in [6.45, 7) is 7.10. The number of fused-ring (bicyclic) bond motifs is 1. The fraction of sp³-hybridized carbons (Fsp3) is 0.294. The topological polar surface area (TPSA) is 97.6 Å². The number of halogens is 1. The molecule has 3 aromatic rings. The normalized spacial score (nSPS) is 11.4. The third-order valence-electron chi connectivity index (χ3n) is 3.39. The van der Waals surface area contributed by atoms with Crippen molar-refractivity contribution in [2.45, 2.75) is 33.3 Å². The minimum absolute atomic E-state index is 0.307. The molecule has 3 rings (SSSR count).